The summed E-state index contributed by atoms with van der Waals surface area (Å²) in [4.78, 5) is 29.0. The van der Waals surface area contributed by atoms with Crippen LogP contribution in [0, 0.1) is 13.8 Å². The van der Waals surface area contributed by atoms with Gasteiger partial charge in [0.15, 0.2) is 0 Å². The van der Waals surface area contributed by atoms with Crippen LogP contribution in [-0.2, 0) is 26.2 Å². The molecule has 40 heavy (non-hydrogen) atoms. The number of benzene rings is 3. The molecule has 0 unspecified atom stereocenters. The highest BCUT2D eigenvalue weighted by Gasteiger charge is 2.34. The van der Waals surface area contributed by atoms with Gasteiger partial charge in [-0.2, -0.15) is 0 Å². The minimum atomic E-state index is -4.14. The number of halogens is 1. The zero-order chi connectivity index (χ0) is 29.4. The van der Waals surface area contributed by atoms with Crippen LogP contribution >= 0.6 is 11.6 Å². The number of nitrogens with zero attached hydrogens (tertiary/aromatic N) is 2. The number of amides is 2. The average molecular weight is 584 g/mol. The van der Waals surface area contributed by atoms with Crippen molar-refractivity contribution in [2.24, 2.45) is 0 Å². The fraction of sp³-hybridized carbons (Fsp3) is 0.355. The van der Waals surface area contributed by atoms with Gasteiger partial charge in [0.25, 0.3) is 10.0 Å². The third kappa shape index (κ3) is 7.64. The van der Waals surface area contributed by atoms with Crippen molar-refractivity contribution in [1.82, 2.24) is 10.2 Å². The molecular weight excluding hydrogens is 546 g/mol. The molecule has 0 radical (unpaired) electrons. The summed E-state index contributed by atoms with van der Waals surface area (Å²) in [5, 5.41) is 3.37. The molecular formula is C31H38ClN3O4S. The number of sulfonamides is 1. The second-order valence-electron chi connectivity index (χ2n) is 10.0. The normalized spacial score (nSPS) is 12.8. The third-order valence-corrected chi connectivity index (χ3v) is 9.11. The summed E-state index contributed by atoms with van der Waals surface area (Å²) in [5.41, 5.74) is 2.95. The zero-order valence-electron chi connectivity index (χ0n) is 23.7. The molecule has 0 aromatic heterocycles. The Morgan fingerprint density at radius 3 is 2.15 bits per heavy atom. The van der Waals surface area contributed by atoms with Gasteiger partial charge in [-0.05, 0) is 69.0 Å². The number of rotatable bonds is 12. The van der Waals surface area contributed by atoms with Crippen LogP contribution < -0.4 is 9.62 Å². The first-order chi connectivity index (χ1) is 19.0. The van der Waals surface area contributed by atoms with Gasteiger partial charge < -0.3 is 10.2 Å². The van der Waals surface area contributed by atoms with Gasteiger partial charge in [-0.3, -0.25) is 13.9 Å². The van der Waals surface area contributed by atoms with E-state index >= 15 is 0 Å². The van der Waals surface area contributed by atoms with Crippen LogP contribution in [0.3, 0.4) is 0 Å². The fourth-order valence-electron chi connectivity index (χ4n) is 4.24. The summed E-state index contributed by atoms with van der Waals surface area (Å²) in [6.45, 7) is 9.16. The topological polar surface area (TPSA) is 86.8 Å². The molecule has 3 aromatic rings. The van der Waals surface area contributed by atoms with E-state index in [4.69, 9.17) is 11.6 Å². The molecule has 3 aromatic carbocycles. The largest absolute Gasteiger partial charge is 0.352 e. The maximum absolute atomic E-state index is 14.1. The number of hydrogen-bond donors (Lipinski definition) is 1. The van der Waals surface area contributed by atoms with Gasteiger partial charge in [0.1, 0.15) is 12.6 Å². The third-order valence-electron chi connectivity index (χ3n) is 6.91. The molecule has 0 saturated heterocycles. The van der Waals surface area contributed by atoms with Crippen LogP contribution in [0.5, 0.6) is 0 Å². The second-order valence-corrected chi connectivity index (χ2v) is 12.3. The quantitative estimate of drug-likeness (QED) is 0.289. The lowest BCUT2D eigenvalue weighted by Crippen LogP contribution is -2.53. The lowest BCUT2D eigenvalue weighted by Gasteiger charge is -2.33. The molecule has 2 atom stereocenters. The molecule has 0 spiro atoms. The predicted octanol–water partition coefficient (Wildman–Crippen LogP) is 5.87. The van der Waals surface area contributed by atoms with E-state index in [1.165, 1.54) is 17.0 Å². The van der Waals surface area contributed by atoms with Crippen LogP contribution in [0.15, 0.2) is 77.7 Å². The highest BCUT2D eigenvalue weighted by Crippen LogP contribution is 2.28. The Bertz CT molecular complexity index is 1410. The SMILES string of the molecule is CC[C@@H](C)NC(=O)[C@H](CC)N(Cc1ccc(C)cc1)C(=O)CN(c1ccc(C)c(Cl)c1)S(=O)(=O)c1ccccc1. The van der Waals surface area contributed by atoms with Crippen LogP contribution in [0.2, 0.25) is 5.02 Å². The van der Waals surface area contributed by atoms with E-state index in [0.717, 1.165) is 27.4 Å². The molecule has 9 heteroatoms. The summed E-state index contributed by atoms with van der Waals surface area (Å²) in [7, 11) is -4.14. The van der Waals surface area contributed by atoms with Crippen molar-refractivity contribution in [3.8, 4) is 0 Å². The molecule has 214 valence electrons. The van der Waals surface area contributed by atoms with Gasteiger partial charge in [0.2, 0.25) is 11.8 Å². The standard InChI is InChI=1S/C31H38ClN3O4S/c1-6-24(5)33-31(37)29(7-2)34(20-25-16-13-22(3)14-17-25)30(36)21-35(26-18-15-23(4)28(32)19-26)40(38,39)27-11-9-8-10-12-27/h8-19,24,29H,6-7,20-21H2,1-5H3,(H,33,37)/t24-,29+/m1/s1. The minimum Gasteiger partial charge on any atom is -0.352 e. The van der Waals surface area contributed by atoms with Gasteiger partial charge in [-0.15, -0.1) is 0 Å². The average Bonchev–Trinajstić information content (AvgIpc) is 2.94. The van der Waals surface area contributed by atoms with Crippen LogP contribution in [0.4, 0.5) is 5.69 Å². The minimum absolute atomic E-state index is 0.0473. The highest BCUT2D eigenvalue weighted by molar-refractivity contribution is 7.92. The maximum atomic E-state index is 14.1. The highest BCUT2D eigenvalue weighted by atomic mass is 35.5. The summed E-state index contributed by atoms with van der Waals surface area (Å²) in [6.07, 6.45) is 1.10. The Hall–Kier alpha value is -3.36. The summed E-state index contributed by atoms with van der Waals surface area (Å²) in [5.74, 6) is -0.768. The molecule has 1 N–H and O–H groups in total. The molecule has 0 bridgehead atoms. The van der Waals surface area contributed by atoms with Gasteiger partial charge in [0, 0.05) is 17.6 Å². The molecule has 2 amide bonds. The number of aryl methyl sites for hydroxylation is 2. The van der Waals surface area contributed by atoms with Crippen molar-refractivity contribution in [2.45, 2.75) is 71.0 Å². The van der Waals surface area contributed by atoms with Crippen LogP contribution in [0.1, 0.15) is 50.3 Å². The van der Waals surface area contributed by atoms with Gasteiger partial charge >= 0.3 is 0 Å². The van der Waals surface area contributed by atoms with Gasteiger partial charge in [0.05, 0.1) is 10.6 Å². The van der Waals surface area contributed by atoms with Crippen LogP contribution in [0.25, 0.3) is 0 Å². The maximum Gasteiger partial charge on any atom is 0.264 e. The molecule has 0 aliphatic carbocycles. The fourth-order valence-corrected chi connectivity index (χ4v) is 5.84. The van der Waals surface area contributed by atoms with E-state index in [1.807, 2.05) is 58.9 Å². The Labute approximate surface area is 243 Å². The molecule has 3 rings (SSSR count). The van der Waals surface area contributed by atoms with E-state index in [2.05, 4.69) is 5.32 Å². The Balaban J connectivity index is 2.06. The second kappa shape index (κ2) is 13.8. The van der Waals surface area contributed by atoms with Crippen molar-refractivity contribution >= 4 is 39.1 Å². The summed E-state index contributed by atoms with van der Waals surface area (Å²) in [6, 6.07) is 19.7. The molecule has 7 nitrogen and oxygen atoms in total. The first-order valence-electron chi connectivity index (χ1n) is 13.5. The Morgan fingerprint density at radius 2 is 1.57 bits per heavy atom. The zero-order valence-corrected chi connectivity index (χ0v) is 25.3. The van der Waals surface area contributed by atoms with Gasteiger partial charge in [-0.25, -0.2) is 8.42 Å². The van der Waals surface area contributed by atoms with Crippen LogP contribution in [-0.4, -0.2) is 43.8 Å². The first-order valence-corrected chi connectivity index (χ1v) is 15.3. The summed E-state index contributed by atoms with van der Waals surface area (Å²) >= 11 is 6.38. The van der Waals surface area contributed by atoms with Crippen molar-refractivity contribution in [3.05, 3.63) is 94.5 Å². The smallest absolute Gasteiger partial charge is 0.264 e. The monoisotopic (exact) mass is 583 g/mol. The first kappa shape index (κ1) is 31.2. The van der Waals surface area contributed by atoms with E-state index in [0.29, 0.717) is 11.4 Å². The number of nitrogens with one attached hydrogen (secondary N) is 1. The summed E-state index contributed by atoms with van der Waals surface area (Å²) < 4.78 is 28.8. The Kier molecular flexibility index (Phi) is 10.8. The number of carbonyl (C=O) groups excluding carboxylic acids is 2. The lowest BCUT2D eigenvalue weighted by molar-refractivity contribution is -0.140. The van der Waals surface area contributed by atoms with E-state index in [9.17, 15) is 18.0 Å². The van der Waals surface area contributed by atoms with Crippen molar-refractivity contribution in [1.29, 1.82) is 0 Å². The molecule has 0 aliphatic rings. The van der Waals surface area contributed by atoms with Crippen molar-refractivity contribution in [3.63, 3.8) is 0 Å². The number of carbonyl (C=O) groups is 2. The van der Waals surface area contributed by atoms with Crippen molar-refractivity contribution in [2.75, 3.05) is 10.8 Å². The number of hydrogen-bond acceptors (Lipinski definition) is 4. The number of anilines is 1. The lowest BCUT2D eigenvalue weighted by atomic mass is 10.1. The van der Waals surface area contributed by atoms with E-state index in [1.54, 1.807) is 36.4 Å². The van der Waals surface area contributed by atoms with E-state index < -0.39 is 28.5 Å². The van der Waals surface area contributed by atoms with Gasteiger partial charge in [-0.1, -0.05) is 79.5 Å². The molecule has 0 fully saturated rings. The Morgan fingerprint density at radius 1 is 0.925 bits per heavy atom. The predicted molar refractivity (Wildman–Crippen MR) is 161 cm³/mol. The van der Waals surface area contributed by atoms with Crippen molar-refractivity contribution < 1.29 is 18.0 Å². The molecule has 0 heterocycles. The molecule has 0 saturated carbocycles. The van der Waals surface area contributed by atoms with E-state index in [-0.39, 0.29) is 29.1 Å². The molecule has 0 aliphatic heterocycles.